The lowest BCUT2D eigenvalue weighted by Gasteiger charge is -2.24. The molecule has 100 valence electrons. The Hall–Kier alpha value is -1.02. The summed E-state index contributed by atoms with van der Waals surface area (Å²) in [5, 5.41) is 3.48. The van der Waals surface area contributed by atoms with Gasteiger partial charge in [-0.1, -0.05) is 32.0 Å². The third-order valence-electron chi connectivity index (χ3n) is 3.99. The van der Waals surface area contributed by atoms with Crippen LogP contribution in [0.4, 0.5) is 5.69 Å². The molecule has 0 aromatic heterocycles. The molecule has 0 bridgehead atoms. The van der Waals surface area contributed by atoms with Gasteiger partial charge in [0, 0.05) is 18.8 Å². The summed E-state index contributed by atoms with van der Waals surface area (Å²) in [6.07, 6.45) is 2.45. The molecule has 1 heterocycles. The van der Waals surface area contributed by atoms with E-state index in [1.165, 1.54) is 42.9 Å². The van der Waals surface area contributed by atoms with E-state index in [-0.39, 0.29) is 0 Å². The molecular weight excluding hydrogens is 220 g/mol. The van der Waals surface area contributed by atoms with Crippen LogP contribution in [0.5, 0.6) is 0 Å². The van der Waals surface area contributed by atoms with Crippen molar-refractivity contribution in [2.75, 3.05) is 31.1 Å². The van der Waals surface area contributed by atoms with Crippen LogP contribution in [0.3, 0.4) is 0 Å². The third kappa shape index (κ3) is 2.86. The van der Waals surface area contributed by atoms with Gasteiger partial charge in [0.1, 0.15) is 0 Å². The maximum absolute atomic E-state index is 3.48. The fourth-order valence-corrected chi connectivity index (χ4v) is 3.01. The van der Waals surface area contributed by atoms with Crippen molar-refractivity contribution in [2.45, 2.75) is 33.6 Å². The predicted molar refractivity (Wildman–Crippen MR) is 79.4 cm³/mol. The van der Waals surface area contributed by atoms with E-state index < -0.39 is 0 Å². The zero-order valence-corrected chi connectivity index (χ0v) is 12.0. The molecule has 1 unspecified atom stereocenters. The van der Waals surface area contributed by atoms with Crippen molar-refractivity contribution in [3.63, 3.8) is 0 Å². The van der Waals surface area contributed by atoms with Crippen molar-refractivity contribution in [3.05, 3.63) is 29.3 Å². The Morgan fingerprint density at radius 1 is 1.33 bits per heavy atom. The van der Waals surface area contributed by atoms with Crippen molar-refractivity contribution >= 4 is 5.69 Å². The molecule has 0 amide bonds. The maximum Gasteiger partial charge on any atom is 0.0428 e. The van der Waals surface area contributed by atoms with Gasteiger partial charge < -0.3 is 10.2 Å². The largest absolute Gasteiger partial charge is 0.371 e. The molecule has 1 saturated heterocycles. The second-order valence-electron chi connectivity index (χ2n) is 5.34. The highest BCUT2D eigenvalue weighted by Gasteiger charge is 2.24. The van der Waals surface area contributed by atoms with Crippen LogP contribution in [0.1, 0.15) is 31.4 Å². The molecule has 1 aromatic rings. The summed E-state index contributed by atoms with van der Waals surface area (Å²) in [5.41, 5.74) is 4.43. The van der Waals surface area contributed by atoms with Crippen molar-refractivity contribution in [2.24, 2.45) is 5.92 Å². The fraction of sp³-hybridized carbons (Fsp3) is 0.625. The first-order valence-electron chi connectivity index (χ1n) is 7.30. The number of anilines is 1. The number of hydrogen-bond acceptors (Lipinski definition) is 2. The molecular formula is C16H26N2. The molecule has 0 aliphatic carbocycles. The summed E-state index contributed by atoms with van der Waals surface area (Å²) in [6, 6.07) is 6.70. The van der Waals surface area contributed by atoms with Crippen LogP contribution >= 0.6 is 0 Å². The van der Waals surface area contributed by atoms with Crippen LogP contribution in [-0.2, 0) is 6.42 Å². The highest BCUT2D eigenvalue weighted by atomic mass is 15.2. The average molecular weight is 246 g/mol. The van der Waals surface area contributed by atoms with Crippen LogP contribution in [-0.4, -0.2) is 26.2 Å². The SMILES string of the molecule is CCNCC1CCN(c2c(C)cccc2CC)C1. The summed E-state index contributed by atoms with van der Waals surface area (Å²) < 4.78 is 0. The minimum absolute atomic E-state index is 0.814. The van der Waals surface area contributed by atoms with E-state index in [1.54, 1.807) is 0 Å². The van der Waals surface area contributed by atoms with E-state index in [4.69, 9.17) is 0 Å². The van der Waals surface area contributed by atoms with Crippen molar-refractivity contribution in [1.82, 2.24) is 5.32 Å². The van der Waals surface area contributed by atoms with Gasteiger partial charge in [0.15, 0.2) is 0 Å². The fourth-order valence-electron chi connectivity index (χ4n) is 3.01. The minimum Gasteiger partial charge on any atom is -0.371 e. The molecule has 0 spiro atoms. The van der Waals surface area contributed by atoms with Gasteiger partial charge in [0.2, 0.25) is 0 Å². The smallest absolute Gasteiger partial charge is 0.0428 e. The lowest BCUT2D eigenvalue weighted by molar-refractivity contribution is 0.527. The van der Waals surface area contributed by atoms with Gasteiger partial charge in [-0.25, -0.2) is 0 Å². The quantitative estimate of drug-likeness (QED) is 0.859. The van der Waals surface area contributed by atoms with E-state index in [0.29, 0.717) is 0 Å². The molecule has 18 heavy (non-hydrogen) atoms. The molecule has 1 aliphatic heterocycles. The zero-order valence-electron chi connectivity index (χ0n) is 12.0. The number of nitrogens with zero attached hydrogens (tertiary/aromatic N) is 1. The second kappa shape index (κ2) is 6.24. The van der Waals surface area contributed by atoms with Gasteiger partial charge in [-0.05, 0) is 49.9 Å². The molecule has 2 heteroatoms. The standard InChI is InChI=1S/C16H26N2/c1-4-15-8-6-7-13(3)16(15)18-10-9-14(12-18)11-17-5-2/h6-8,14,17H,4-5,9-12H2,1-3H3. The first-order chi connectivity index (χ1) is 8.76. The van der Waals surface area contributed by atoms with E-state index in [0.717, 1.165) is 18.9 Å². The number of nitrogens with one attached hydrogen (secondary N) is 1. The van der Waals surface area contributed by atoms with Gasteiger partial charge in [-0.3, -0.25) is 0 Å². The lowest BCUT2D eigenvalue weighted by atomic mass is 10.0. The number of aryl methyl sites for hydroxylation is 2. The number of para-hydroxylation sites is 1. The Labute approximate surface area is 111 Å². The molecule has 0 saturated carbocycles. The topological polar surface area (TPSA) is 15.3 Å². The maximum atomic E-state index is 3.48. The second-order valence-corrected chi connectivity index (χ2v) is 5.34. The monoisotopic (exact) mass is 246 g/mol. The Morgan fingerprint density at radius 2 is 2.17 bits per heavy atom. The molecule has 1 aliphatic rings. The molecule has 2 nitrogen and oxygen atoms in total. The minimum atomic E-state index is 0.814. The van der Waals surface area contributed by atoms with Crippen molar-refractivity contribution in [3.8, 4) is 0 Å². The lowest BCUT2D eigenvalue weighted by Crippen LogP contribution is -2.27. The highest BCUT2D eigenvalue weighted by Crippen LogP contribution is 2.30. The van der Waals surface area contributed by atoms with Gasteiger partial charge in [0.05, 0.1) is 0 Å². The van der Waals surface area contributed by atoms with Crippen LogP contribution in [0.25, 0.3) is 0 Å². The van der Waals surface area contributed by atoms with Gasteiger partial charge in [-0.15, -0.1) is 0 Å². The number of hydrogen-bond donors (Lipinski definition) is 1. The van der Waals surface area contributed by atoms with Crippen LogP contribution in [0.15, 0.2) is 18.2 Å². The Morgan fingerprint density at radius 3 is 2.89 bits per heavy atom. The molecule has 1 fully saturated rings. The number of rotatable bonds is 5. The van der Waals surface area contributed by atoms with E-state index >= 15 is 0 Å². The van der Waals surface area contributed by atoms with Gasteiger partial charge in [-0.2, -0.15) is 0 Å². The van der Waals surface area contributed by atoms with Crippen LogP contribution < -0.4 is 10.2 Å². The summed E-state index contributed by atoms with van der Waals surface area (Å²) in [7, 11) is 0. The van der Waals surface area contributed by atoms with Crippen LogP contribution in [0.2, 0.25) is 0 Å². The molecule has 1 aromatic carbocycles. The predicted octanol–water partition coefficient (Wildman–Crippen LogP) is 2.99. The van der Waals surface area contributed by atoms with Crippen LogP contribution in [0, 0.1) is 12.8 Å². The summed E-state index contributed by atoms with van der Waals surface area (Å²) in [6.45, 7) is 11.4. The summed E-state index contributed by atoms with van der Waals surface area (Å²) >= 11 is 0. The van der Waals surface area contributed by atoms with Gasteiger partial charge in [0.25, 0.3) is 0 Å². The molecule has 1 N–H and O–H groups in total. The molecule has 2 rings (SSSR count). The highest BCUT2D eigenvalue weighted by molar-refractivity contribution is 5.60. The normalized spacial score (nSPS) is 19.5. The number of benzene rings is 1. The summed E-state index contributed by atoms with van der Waals surface area (Å²) in [5.74, 6) is 0.814. The Bertz CT molecular complexity index is 387. The van der Waals surface area contributed by atoms with E-state index in [1.807, 2.05) is 0 Å². The Kier molecular flexibility index (Phi) is 4.65. The van der Waals surface area contributed by atoms with E-state index in [9.17, 15) is 0 Å². The van der Waals surface area contributed by atoms with E-state index in [2.05, 4.69) is 49.2 Å². The van der Waals surface area contributed by atoms with Crippen molar-refractivity contribution in [1.29, 1.82) is 0 Å². The average Bonchev–Trinajstić information content (AvgIpc) is 2.84. The first kappa shape index (κ1) is 13.4. The Balaban J connectivity index is 2.09. The molecule has 1 atom stereocenters. The first-order valence-corrected chi connectivity index (χ1v) is 7.30. The third-order valence-corrected chi connectivity index (χ3v) is 3.99. The van der Waals surface area contributed by atoms with Crippen molar-refractivity contribution < 1.29 is 0 Å². The molecule has 0 radical (unpaired) electrons. The zero-order chi connectivity index (χ0) is 13.0. The summed E-state index contributed by atoms with van der Waals surface area (Å²) in [4.78, 5) is 2.59. The van der Waals surface area contributed by atoms with Gasteiger partial charge >= 0.3 is 0 Å².